The Labute approximate surface area is 156 Å². The predicted octanol–water partition coefficient (Wildman–Crippen LogP) is 2.24. The van der Waals surface area contributed by atoms with Gasteiger partial charge >= 0.3 is 0 Å². The Balaban J connectivity index is 1.66. The van der Waals surface area contributed by atoms with Crippen molar-refractivity contribution in [1.29, 1.82) is 0 Å². The molecular formula is C19H23N3O5. The summed E-state index contributed by atoms with van der Waals surface area (Å²) in [5.41, 5.74) is 0.637. The largest absolute Gasteiger partial charge is 0.393 e. The van der Waals surface area contributed by atoms with Crippen molar-refractivity contribution in [2.24, 2.45) is 11.8 Å². The maximum Gasteiger partial charge on any atom is 0.294 e. The van der Waals surface area contributed by atoms with Gasteiger partial charge in [0.05, 0.1) is 28.6 Å². The Morgan fingerprint density at radius 3 is 2.15 bits per heavy atom. The highest BCUT2D eigenvalue weighted by Crippen LogP contribution is 2.42. The molecule has 8 nitrogen and oxygen atoms in total. The highest BCUT2D eigenvalue weighted by molar-refractivity contribution is 6.22. The summed E-state index contributed by atoms with van der Waals surface area (Å²) < 4.78 is 0. The zero-order valence-corrected chi connectivity index (χ0v) is 15.0. The van der Waals surface area contributed by atoms with Gasteiger partial charge in [-0.3, -0.25) is 19.7 Å². The van der Waals surface area contributed by atoms with E-state index in [9.17, 15) is 24.8 Å². The molecule has 0 bridgehead atoms. The normalized spacial score (nSPS) is 26.4. The number of nitrogens with zero attached hydrogens (tertiary/aromatic N) is 3. The Hall–Kier alpha value is -2.48. The Morgan fingerprint density at radius 2 is 1.59 bits per heavy atom. The van der Waals surface area contributed by atoms with Crippen LogP contribution in [0.3, 0.4) is 0 Å². The smallest absolute Gasteiger partial charge is 0.294 e. The standard InChI is InChI=1S/C19H23N3O5/c23-13-7-9-20(10-8-13)16-6-5-12(11-17(16)22(26)27)21-18(24)14-3-1-2-4-15(14)19(21)25/h5-6,11,13-15,23H,1-4,7-10H2/t14-,15-/m1/s1. The van der Waals surface area contributed by atoms with Gasteiger partial charge in [0.1, 0.15) is 5.69 Å². The van der Waals surface area contributed by atoms with Gasteiger partial charge in [-0.15, -0.1) is 0 Å². The van der Waals surface area contributed by atoms with Gasteiger partial charge in [-0.25, -0.2) is 4.90 Å². The minimum Gasteiger partial charge on any atom is -0.393 e. The number of benzene rings is 1. The molecule has 3 fully saturated rings. The molecular weight excluding hydrogens is 350 g/mol. The van der Waals surface area contributed by atoms with Crippen LogP contribution in [0.15, 0.2) is 18.2 Å². The van der Waals surface area contributed by atoms with Gasteiger partial charge < -0.3 is 10.0 Å². The minimum absolute atomic E-state index is 0.112. The summed E-state index contributed by atoms with van der Waals surface area (Å²) in [6, 6.07) is 4.59. The molecule has 1 saturated carbocycles. The molecule has 0 unspecified atom stereocenters. The van der Waals surface area contributed by atoms with Gasteiger partial charge in [0.2, 0.25) is 11.8 Å². The number of carbonyl (C=O) groups excluding carboxylic acids is 2. The van der Waals surface area contributed by atoms with E-state index >= 15 is 0 Å². The van der Waals surface area contributed by atoms with Gasteiger partial charge in [0, 0.05) is 19.2 Å². The maximum atomic E-state index is 12.8. The molecule has 3 aliphatic rings. The highest BCUT2D eigenvalue weighted by atomic mass is 16.6. The molecule has 1 aliphatic carbocycles. The van der Waals surface area contributed by atoms with Crippen LogP contribution in [-0.4, -0.2) is 41.0 Å². The molecule has 1 N–H and O–H groups in total. The van der Waals surface area contributed by atoms with Crippen LogP contribution in [0.25, 0.3) is 0 Å². The van der Waals surface area contributed by atoms with Crippen LogP contribution in [0.1, 0.15) is 38.5 Å². The second-order valence-electron chi connectivity index (χ2n) is 7.66. The van der Waals surface area contributed by atoms with Gasteiger partial charge in [0.15, 0.2) is 0 Å². The lowest BCUT2D eigenvalue weighted by Gasteiger charge is -2.31. The van der Waals surface area contributed by atoms with Crippen molar-refractivity contribution in [2.45, 2.75) is 44.6 Å². The number of carbonyl (C=O) groups is 2. The molecule has 2 atom stereocenters. The topological polar surface area (TPSA) is 104 Å². The number of rotatable bonds is 3. The first-order valence-electron chi connectivity index (χ1n) is 9.56. The number of amides is 2. The van der Waals surface area contributed by atoms with Crippen LogP contribution in [0.4, 0.5) is 17.1 Å². The number of hydrogen-bond acceptors (Lipinski definition) is 6. The SMILES string of the molecule is O=C1[C@@H]2CCCC[C@H]2C(=O)N1c1ccc(N2CCC(O)CC2)c([N+](=O)[O-])c1. The number of piperidine rings is 1. The highest BCUT2D eigenvalue weighted by Gasteiger charge is 2.49. The quantitative estimate of drug-likeness (QED) is 0.495. The third kappa shape index (κ3) is 3.07. The maximum absolute atomic E-state index is 12.8. The van der Waals surface area contributed by atoms with Crippen LogP contribution in [0, 0.1) is 22.0 Å². The van der Waals surface area contributed by atoms with E-state index in [1.54, 1.807) is 12.1 Å². The van der Waals surface area contributed by atoms with Crippen LogP contribution in [-0.2, 0) is 9.59 Å². The van der Waals surface area contributed by atoms with Crippen molar-refractivity contribution in [3.05, 3.63) is 28.3 Å². The number of nitro groups is 1. The molecule has 1 aromatic rings. The summed E-state index contributed by atoms with van der Waals surface area (Å²) in [4.78, 5) is 39.7. The monoisotopic (exact) mass is 373 g/mol. The van der Waals surface area contributed by atoms with Gasteiger partial charge in [0.25, 0.3) is 5.69 Å². The number of aliphatic hydroxyl groups is 1. The lowest BCUT2D eigenvalue weighted by Crippen LogP contribution is -2.36. The molecule has 27 heavy (non-hydrogen) atoms. The number of imide groups is 1. The minimum atomic E-state index is -0.470. The van der Waals surface area contributed by atoms with E-state index in [-0.39, 0.29) is 41.1 Å². The summed E-state index contributed by atoms with van der Waals surface area (Å²) in [6.45, 7) is 1.07. The average molecular weight is 373 g/mol. The van der Waals surface area contributed by atoms with Gasteiger partial charge in [-0.2, -0.15) is 0 Å². The van der Waals surface area contributed by atoms with Crippen molar-refractivity contribution in [1.82, 2.24) is 0 Å². The third-order valence-corrected chi connectivity index (χ3v) is 6.06. The summed E-state index contributed by atoms with van der Waals surface area (Å²) in [5.74, 6) is -1.03. The number of anilines is 2. The summed E-state index contributed by atoms with van der Waals surface area (Å²) in [7, 11) is 0. The molecule has 8 heteroatoms. The molecule has 2 amide bonds. The summed E-state index contributed by atoms with van der Waals surface area (Å²) in [5, 5.41) is 21.3. The molecule has 2 saturated heterocycles. The zero-order valence-electron chi connectivity index (χ0n) is 15.0. The van der Waals surface area contributed by atoms with E-state index in [0.717, 1.165) is 17.7 Å². The van der Waals surface area contributed by atoms with Crippen molar-refractivity contribution in [3.8, 4) is 0 Å². The van der Waals surface area contributed by atoms with E-state index < -0.39 is 4.92 Å². The van der Waals surface area contributed by atoms with Crippen molar-refractivity contribution in [3.63, 3.8) is 0 Å². The van der Waals surface area contributed by atoms with Crippen LogP contribution in [0.5, 0.6) is 0 Å². The summed E-state index contributed by atoms with van der Waals surface area (Å²) >= 11 is 0. The zero-order chi connectivity index (χ0) is 19.1. The van der Waals surface area contributed by atoms with Crippen LogP contribution < -0.4 is 9.80 Å². The number of aliphatic hydroxyl groups excluding tert-OH is 1. The first-order chi connectivity index (χ1) is 13.0. The van der Waals surface area contributed by atoms with Crippen molar-refractivity contribution < 1.29 is 19.6 Å². The van der Waals surface area contributed by atoms with E-state index in [1.807, 2.05) is 4.90 Å². The molecule has 4 rings (SSSR count). The molecule has 0 spiro atoms. The first-order valence-corrected chi connectivity index (χ1v) is 9.56. The second-order valence-corrected chi connectivity index (χ2v) is 7.66. The third-order valence-electron chi connectivity index (χ3n) is 6.06. The molecule has 144 valence electrons. The number of fused-ring (bicyclic) bond motifs is 1. The predicted molar refractivity (Wildman–Crippen MR) is 98.5 cm³/mol. The van der Waals surface area contributed by atoms with Crippen LogP contribution >= 0.6 is 0 Å². The van der Waals surface area contributed by atoms with E-state index in [4.69, 9.17) is 0 Å². The molecule has 0 radical (unpaired) electrons. The fourth-order valence-electron chi connectivity index (χ4n) is 4.59. The van der Waals surface area contributed by atoms with E-state index in [1.165, 1.54) is 6.07 Å². The Bertz CT molecular complexity index is 764. The van der Waals surface area contributed by atoms with Gasteiger partial charge in [-0.05, 0) is 37.8 Å². The van der Waals surface area contributed by atoms with E-state index in [2.05, 4.69) is 0 Å². The molecule has 0 aromatic heterocycles. The van der Waals surface area contributed by atoms with Crippen molar-refractivity contribution in [2.75, 3.05) is 22.9 Å². The molecule has 1 aromatic carbocycles. The summed E-state index contributed by atoms with van der Waals surface area (Å²) in [6.07, 6.45) is 4.05. The Kier molecular flexibility index (Phi) is 4.59. The first kappa shape index (κ1) is 17.9. The van der Waals surface area contributed by atoms with Gasteiger partial charge in [-0.1, -0.05) is 12.8 Å². The van der Waals surface area contributed by atoms with E-state index in [0.29, 0.717) is 44.5 Å². The number of nitro benzene ring substituents is 1. The number of hydrogen-bond donors (Lipinski definition) is 1. The molecule has 2 aliphatic heterocycles. The lowest BCUT2D eigenvalue weighted by molar-refractivity contribution is -0.384. The molecule has 2 heterocycles. The fraction of sp³-hybridized carbons (Fsp3) is 0.579. The fourth-order valence-corrected chi connectivity index (χ4v) is 4.59. The lowest BCUT2D eigenvalue weighted by atomic mass is 9.81. The van der Waals surface area contributed by atoms with Crippen LogP contribution in [0.2, 0.25) is 0 Å². The Morgan fingerprint density at radius 1 is 1.00 bits per heavy atom. The average Bonchev–Trinajstić information content (AvgIpc) is 2.93. The second kappa shape index (κ2) is 6.92. The van der Waals surface area contributed by atoms with Crippen molar-refractivity contribution >= 4 is 28.9 Å².